The van der Waals surface area contributed by atoms with Gasteiger partial charge >= 0.3 is 6.18 Å². The maximum absolute atomic E-state index is 12.7. The maximum Gasteiger partial charge on any atom is 0.416 e. The Balaban J connectivity index is 1.59. The van der Waals surface area contributed by atoms with E-state index in [1.165, 1.54) is 29.8 Å². The molecular formula is C19H12ClF3N4S. The molecule has 142 valence electrons. The van der Waals surface area contributed by atoms with Crippen LogP contribution in [-0.4, -0.2) is 15.0 Å². The predicted octanol–water partition coefficient (Wildman–Crippen LogP) is 6.09. The fraction of sp³-hybridized carbons (Fsp3) is 0.105. The summed E-state index contributed by atoms with van der Waals surface area (Å²) in [6.07, 6.45) is -2.34. The number of nitrogens with one attached hydrogen (secondary N) is 1. The fourth-order valence-corrected chi connectivity index (χ4v) is 3.68. The summed E-state index contributed by atoms with van der Waals surface area (Å²) in [7, 11) is 0. The molecule has 4 rings (SSSR count). The van der Waals surface area contributed by atoms with Gasteiger partial charge in [0.1, 0.15) is 16.7 Å². The highest BCUT2D eigenvalue weighted by Crippen LogP contribution is 2.31. The number of hydrogen-bond donors (Lipinski definition) is 1. The van der Waals surface area contributed by atoms with E-state index in [4.69, 9.17) is 11.6 Å². The number of thiazole rings is 1. The molecule has 0 atom stereocenters. The summed E-state index contributed by atoms with van der Waals surface area (Å²) >= 11 is 7.35. The number of aromatic nitrogens is 3. The first-order valence-corrected chi connectivity index (χ1v) is 9.37. The highest BCUT2D eigenvalue weighted by Gasteiger charge is 2.30. The summed E-state index contributed by atoms with van der Waals surface area (Å²) in [6.45, 7) is 0. The molecule has 4 aromatic rings. The zero-order valence-corrected chi connectivity index (χ0v) is 15.7. The Morgan fingerprint density at radius 3 is 2.36 bits per heavy atom. The normalized spacial score (nSPS) is 11.7. The van der Waals surface area contributed by atoms with Gasteiger partial charge in [0.15, 0.2) is 5.82 Å². The highest BCUT2D eigenvalue weighted by molar-refractivity contribution is 7.18. The Labute approximate surface area is 167 Å². The van der Waals surface area contributed by atoms with Crippen molar-refractivity contribution in [1.29, 1.82) is 0 Å². The minimum absolute atomic E-state index is 0.448. The Bertz CT molecular complexity index is 1110. The van der Waals surface area contributed by atoms with E-state index in [2.05, 4.69) is 20.3 Å². The van der Waals surface area contributed by atoms with Crippen molar-refractivity contribution in [3.05, 3.63) is 76.0 Å². The van der Waals surface area contributed by atoms with E-state index >= 15 is 0 Å². The number of alkyl halides is 3. The molecule has 0 unspecified atom stereocenters. The number of halogens is 4. The van der Waals surface area contributed by atoms with Gasteiger partial charge in [-0.25, -0.2) is 15.0 Å². The van der Waals surface area contributed by atoms with Crippen LogP contribution >= 0.6 is 22.9 Å². The molecule has 0 saturated carbocycles. The second-order valence-corrected chi connectivity index (χ2v) is 7.49. The third-order valence-electron chi connectivity index (χ3n) is 3.98. The van der Waals surface area contributed by atoms with Crippen LogP contribution in [0.1, 0.15) is 16.1 Å². The molecule has 28 heavy (non-hydrogen) atoms. The zero-order valence-electron chi connectivity index (χ0n) is 14.2. The minimum atomic E-state index is -4.37. The summed E-state index contributed by atoms with van der Waals surface area (Å²) in [6, 6.07) is 12.3. The average molecular weight is 421 g/mol. The molecule has 0 aliphatic rings. The summed E-state index contributed by atoms with van der Waals surface area (Å²) < 4.78 is 38.1. The van der Waals surface area contributed by atoms with Gasteiger partial charge in [-0.2, -0.15) is 13.2 Å². The second-order valence-electron chi connectivity index (χ2n) is 5.99. The van der Waals surface area contributed by atoms with E-state index in [-0.39, 0.29) is 0 Å². The van der Waals surface area contributed by atoms with Gasteiger partial charge in [-0.3, -0.25) is 0 Å². The van der Waals surface area contributed by atoms with E-state index in [9.17, 15) is 13.2 Å². The van der Waals surface area contributed by atoms with Crippen LogP contribution in [-0.2, 0) is 12.6 Å². The number of rotatable bonds is 4. The van der Waals surface area contributed by atoms with Gasteiger partial charge in [-0.15, -0.1) is 0 Å². The Hall–Kier alpha value is -2.71. The summed E-state index contributed by atoms with van der Waals surface area (Å²) in [5, 5.41) is 4.54. The van der Waals surface area contributed by atoms with Gasteiger partial charge < -0.3 is 5.32 Å². The molecule has 2 aromatic carbocycles. The molecule has 1 N–H and O–H groups in total. The summed E-state index contributed by atoms with van der Waals surface area (Å²) in [5.41, 5.74) is 1.43. The monoisotopic (exact) mass is 420 g/mol. The standard InChI is InChI=1S/C19H12ClF3N4S/c20-13-5-1-11(2-6-13)9-15-27-16-17(24-10-25-18(16)28-15)26-14-7-3-12(4-8-14)19(21,22)23/h1-8,10H,9H2,(H,24,25,26). The number of anilines is 2. The van der Waals surface area contributed by atoms with Crippen LogP contribution in [0.2, 0.25) is 5.02 Å². The van der Waals surface area contributed by atoms with E-state index in [1.807, 2.05) is 24.3 Å². The van der Waals surface area contributed by atoms with Crippen molar-refractivity contribution in [2.24, 2.45) is 0 Å². The molecule has 9 heteroatoms. The third kappa shape index (κ3) is 4.07. The van der Waals surface area contributed by atoms with Gasteiger partial charge in [0.2, 0.25) is 0 Å². The molecule has 0 saturated heterocycles. The van der Waals surface area contributed by atoms with Crippen molar-refractivity contribution < 1.29 is 13.2 Å². The van der Waals surface area contributed by atoms with Gasteiger partial charge in [0.05, 0.1) is 10.6 Å². The lowest BCUT2D eigenvalue weighted by molar-refractivity contribution is -0.137. The quantitative estimate of drug-likeness (QED) is 0.434. The Kier molecular flexibility index (Phi) is 4.91. The number of hydrogen-bond acceptors (Lipinski definition) is 5. The van der Waals surface area contributed by atoms with Crippen LogP contribution in [0.15, 0.2) is 54.9 Å². The highest BCUT2D eigenvalue weighted by atomic mass is 35.5. The van der Waals surface area contributed by atoms with Crippen molar-refractivity contribution in [3.63, 3.8) is 0 Å². The van der Waals surface area contributed by atoms with E-state index in [0.29, 0.717) is 33.3 Å². The van der Waals surface area contributed by atoms with Crippen LogP contribution < -0.4 is 5.32 Å². The second kappa shape index (κ2) is 7.37. The van der Waals surface area contributed by atoms with E-state index < -0.39 is 11.7 Å². The van der Waals surface area contributed by atoms with Gasteiger partial charge in [0, 0.05) is 17.1 Å². The Morgan fingerprint density at radius 2 is 1.68 bits per heavy atom. The van der Waals surface area contributed by atoms with Crippen LogP contribution in [0.4, 0.5) is 24.7 Å². The predicted molar refractivity (Wildman–Crippen MR) is 104 cm³/mol. The van der Waals surface area contributed by atoms with Crippen LogP contribution in [0, 0.1) is 0 Å². The molecule has 2 heterocycles. The van der Waals surface area contributed by atoms with Gasteiger partial charge in [-0.1, -0.05) is 35.1 Å². The van der Waals surface area contributed by atoms with Crippen molar-refractivity contribution in [1.82, 2.24) is 15.0 Å². The first kappa shape index (κ1) is 18.6. The topological polar surface area (TPSA) is 50.7 Å². The first-order valence-electron chi connectivity index (χ1n) is 8.17. The van der Waals surface area contributed by atoms with E-state index in [1.54, 1.807) is 0 Å². The zero-order chi connectivity index (χ0) is 19.7. The molecule has 0 aliphatic carbocycles. The Morgan fingerprint density at radius 1 is 0.964 bits per heavy atom. The molecule has 0 spiro atoms. The van der Waals surface area contributed by atoms with Crippen LogP contribution in [0.5, 0.6) is 0 Å². The molecular weight excluding hydrogens is 409 g/mol. The molecule has 2 aromatic heterocycles. The van der Waals surface area contributed by atoms with Crippen LogP contribution in [0.25, 0.3) is 10.3 Å². The maximum atomic E-state index is 12.7. The largest absolute Gasteiger partial charge is 0.416 e. The summed E-state index contributed by atoms with van der Waals surface area (Å²) in [5.74, 6) is 0.448. The van der Waals surface area contributed by atoms with Crippen molar-refractivity contribution in [2.75, 3.05) is 5.32 Å². The molecule has 4 nitrogen and oxygen atoms in total. The number of benzene rings is 2. The lowest BCUT2D eigenvalue weighted by atomic mass is 10.2. The molecule has 0 radical (unpaired) electrons. The first-order chi connectivity index (χ1) is 13.4. The van der Waals surface area contributed by atoms with E-state index in [0.717, 1.165) is 22.7 Å². The van der Waals surface area contributed by atoms with Gasteiger partial charge in [0.25, 0.3) is 0 Å². The third-order valence-corrected chi connectivity index (χ3v) is 5.20. The molecule has 0 fully saturated rings. The molecule has 0 amide bonds. The number of fused-ring (bicyclic) bond motifs is 1. The molecule has 0 aliphatic heterocycles. The molecule has 0 bridgehead atoms. The minimum Gasteiger partial charge on any atom is -0.338 e. The SMILES string of the molecule is FC(F)(F)c1ccc(Nc2ncnc3sc(Cc4ccc(Cl)cc4)nc23)cc1. The van der Waals surface area contributed by atoms with Crippen molar-refractivity contribution >= 4 is 44.8 Å². The lowest BCUT2D eigenvalue weighted by Gasteiger charge is -2.09. The lowest BCUT2D eigenvalue weighted by Crippen LogP contribution is -2.04. The smallest absolute Gasteiger partial charge is 0.338 e. The fourth-order valence-electron chi connectivity index (χ4n) is 2.62. The van der Waals surface area contributed by atoms with Gasteiger partial charge in [-0.05, 0) is 42.0 Å². The van der Waals surface area contributed by atoms with Crippen molar-refractivity contribution in [3.8, 4) is 0 Å². The average Bonchev–Trinajstić information content (AvgIpc) is 3.07. The van der Waals surface area contributed by atoms with Crippen molar-refractivity contribution in [2.45, 2.75) is 12.6 Å². The number of nitrogens with zero attached hydrogens (tertiary/aromatic N) is 3. The summed E-state index contributed by atoms with van der Waals surface area (Å²) in [4.78, 5) is 13.7. The van der Waals surface area contributed by atoms with Crippen LogP contribution in [0.3, 0.4) is 0 Å².